The normalized spacial score (nSPS) is 15.2. The third kappa shape index (κ3) is 4.19. The van der Waals surface area contributed by atoms with Crippen molar-refractivity contribution in [2.24, 2.45) is 0 Å². The number of amides is 1. The second-order valence-corrected chi connectivity index (χ2v) is 6.63. The van der Waals surface area contributed by atoms with Crippen LogP contribution >= 0.6 is 0 Å². The number of benzene rings is 1. The summed E-state index contributed by atoms with van der Waals surface area (Å²) in [6.45, 7) is 4.37. The van der Waals surface area contributed by atoms with Gasteiger partial charge in [-0.2, -0.15) is 0 Å². The molecule has 0 bridgehead atoms. The fourth-order valence-electron chi connectivity index (χ4n) is 3.09. The summed E-state index contributed by atoms with van der Waals surface area (Å²) in [7, 11) is 0. The summed E-state index contributed by atoms with van der Waals surface area (Å²) in [6.07, 6.45) is 5.78. The molecule has 1 aliphatic rings. The number of hydrogen-bond donors (Lipinski definition) is 1. The Bertz CT molecular complexity index is 699. The van der Waals surface area contributed by atoms with E-state index >= 15 is 0 Å². The molecule has 0 atom stereocenters. The Morgan fingerprint density at radius 1 is 1.17 bits per heavy atom. The fourth-order valence-corrected chi connectivity index (χ4v) is 3.09. The SMILES string of the molecule is Cc1ccc(C)c(OCc2ccc(C(=O)NC3CCCCC3)o2)c1. The molecule has 1 N–H and O–H groups in total. The number of ether oxygens (including phenoxy) is 1. The molecule has 1 heterocycles. The minimum atomic E-state index is -0.125. The van der Waals surface area contributed by atoms with Gasteiger partial charge in [0.1, 0.15) is 18.1 Å². The van der Waals surface area contributed by atoms with Crippen LogP contribution in [-0.2, 0) is 6.61 Å². The molecular formula is C20H25NO3. The minimum absolute atomic E-state index is 0.125. The van der Waals surface area contributed by atoms with Crippen LogP contribution in [0.5, 0.6) is 5.75 Å². The zero-order valence-corrected chi connectivity index (χ0v) is 14.4. The van der Waals surface area contributed by atoms with E-state index in [0.29, 0.717) is 18.1 Å². The Labute approximate surface area is 143 Å². The lowest BCUT2D eigenvalue weighted by atomic mass is 9.95. The zero-order chi connectivity index (χ0) is 16.9. The van der Waals surface area contributed by atoms with E-state index in [1.54, 1.807) is 12.1 Å². The molecule has 1 aromatic carbocycles. The zero-order valence-electron chi connectivity index (χ0n) is 14.4. The molecule has 0 unspecified atom stereocenters. The summed E-state index contributed by atoms with van der Waals surface area (Å²) >= 11 is 0. The van der Waals surface area contributed by atoms with Crippen LogP contribution in [0.4, 0.5) is 0 Å². The Hall–Kier alpha value is -2.23. The Balaban J connectivity index is 1.56. The van der Waals surface area contributed by atoms with Crippen molar-refractivity contribution in [2.75, 3.05) is 0 Å². The van der Waals surface area contributed by atoms with Crippen LogP contribution in [-0.4, -0.2) is 11.9 Å². The van der Waals surface area contributed by atoms with Crippen LogP contribution in [0.15, 0.2) is 34.7 Å². The third-order valence-corrected chi connectivity index (χ3v) is 4.54. The highest BCUT2D eigenvalue weighted by molar-refractivity contribution is 5.91. The average Bonchev–Trinajstić information content (AvgIpc) is 3.06. The van der Waals surface area contributed by atoms with Crippen LogP contribution in [0, 0.1) is 13.8 Å². The van der Waals surface area contributed by atoms with Crippen LogP contribution in [0.1, 0.15) is 59.5 Å². The molecule has 1 aromatic heterocycles. The smallest absolute Gasteiger partial charge is 0.287 e. The summed E-state index contributed by atoms with van der Waals surface area (Å²) in [5, 5.41) is 3.07. The molecule has 1 amide bonds. The van der Waals surface area contributed by atoms with E-state index in [9.17, 15) is 4.79 Å². The first-order valence-corrected chi connectivity index (χ1v) is 8.71. The number of hydrogen-bond acceptors (Lipinski definition) is 3. The summed E-state index contributed by atoms with van der Waals surface area (Å²) in [5.41, 5.74) is 2.24. The van der Waals surface area contributed by atoms with Gasteiger partial charge in [-0.3, -0.25) is 4.79 Å². The van der Waals surface area contributed by atoms with E-state index in [1.807, 2.05) is 26.0 Å². The van der Waals surface area contributed by atoms with E-state index in [4.69, 9.17) is 9.15 Å². The average molecular weight is 327 g/mol. The maximum Gasteiger partial charge on any atom is 0.287 e. The highest BCUT2D eigenvalue weighted by Crippen LogP contribution is 2.21. The molecule has 3 rings (SSSR count). The minimum Gasteiger partial charge on any atom is -0.485 e. The summed E-state index contributed by atoms with van der Waals surface area (Å²) in [6, 6.07) is 9.92. The van der Waals surface area contributed by atoms with Gasteiger partial charge < -0.3 is 14.5 Å². The van der Waals surface area contributed by atoms with E-state index in [2.05, 4.69) is 11.4 Å². The molecule has 24 heavy (non-hydrogen) atoms. The predicted molar refractivity (Wildman–Crippen MR) is 93.3 cm³/mol. The topological polar surface area (TPSA) is 51.5 Å². The van der Waals surface area contributed by atoms with Crippen molar-refractivity contribution in [1.29, 1.82) is 0 Å². The number of rotatable bonds is 5. The molecule has 4 nitrogen and oxygen atoms in total. The van der Waals surface area contributed by atoms with Crippen molar-refractivity contribution >= 4 is 5.91 Å². The van der Waals surface area contributed by atoms with E-state index in [1.165, 1.54) is 19.3 Å². The van der Waals surface area contributed by atoms with Gasteiger partial charge in [-0.15, -0.1) is 0 Å². The Morgan fingerprint density at radius 2 is 1.96 bits per heavy atom. The molecule has 2 aromatic rings. The molecule has 1 saturated carbocycles. The Morgan fingerprint density at radius 3 is 2.75 bits per heavy atom. The summed E-state index contributed by atoms with van der Waals surface area (Å²) in [4.78, 5) is 12.3. The van der Waals surface area contributed by atoms with Crippen molar-refractivity contribution in [1.82, 2.24) is 5.32 Å². The summed E-state index contributed by atoms with van der Waals surface area (Å²) in [5.74, 6) is 1.74. The quantitative estimate of drug-likeness (QED) is 0.877. The highest BCUT2D eigenvalue weighted by atomic mass is 16.5. The van der Waals surface area contributed by atoms with Gasteiger partial charge in [0.05, 0.1) is 0 Å². The Kier molecular flexibility index (Phi) is 5.24. The number of furan rings is 1. The van der Waals surface area contributed by atoms with Crippen molar-refractivity contribution < 1.29 is 13.9 Å². The lowest BCUT2D eigenvalue weighted by Crippen LogP contribution is -2.35. The van der Waals surface area contributed by atoms with Crippen molar-refractivity contribution in [2.45, 2.75) is 58.6 Å². The first-order chi connectivity index (χ1) is 11.6. The van der Waals surface area contributed by atoms with Gasteiger partial charge in [0.25, 0.3) is 5.91 Å². The van der Waals surface area contributed by atoms with Crippen molar-refractivity contribution in [3.05, 3.63) is 53.0 Å². The van der Waals surface area contributed by atoms with Gasteiger partial charge in [-0.05, 0) is 56.0 Å². The molecule has 1 fully saturated rings. The fraction of sp³-hybridized carbons (Fsp3) is 0.450. The van der Waals surface area contributed by atoms with Crippen LogP contribution < -0.4 is 10.1 Å². The largest absolute Gasteiger partial charge is 0.485 e. The number of aryl methyl sites for hydroxylation is 2. The molecule has 0 radical (unpaired) electrons. The van der Waals surface area contributed by atoms with E-state index < -0.39 is 0 Å². The molecule has 4 heteroatoms. The van der Waals surface area contributed by atoms with Gasteiger partial charge in [-0.25, -0.2) is 0 Å². The van der Waals surface area contributed by atoms with E-state index in [-0.39, 0.29) is 11.9 Å². The van der Waals surface area contributed by atoms with Crippen LogP contribution in [0.25, 0.3) is 0 Å². The monoisotopic (exact) mass is 327 g/mol. The lowest BCUT2D eigenvalue weighted by Gasteiger charge is -2.22. The molecular weight excluding hydrogens is 302 g/mol. The van der Waals surface area contributed by atoms with Gasteiger partial charge in [-0.1, -0.05) is 31.4 Å². The van der Waals surface area contributed by atoms with E-state index in [0.717, 1.165) is 29.7 Å². The van der Waals surface area contributed by atoms with Gasteiger partial charge in [0, 0.05) is 6.04 Å². The maximum absolute atomic E-state index is 12.3. The van der Waals surface area contributed by atoms with Gasteiger partial charge in [0.2, 0.25) is 0 Å². The highest BCUT2D eigenvalue weighted by Gasteiger charge is 2.18. The van der Waals surface area contributed by atoms with Crippen molar-refractivity contribution in [3.8, 4) is 5.75 Å². The second kappa shape index (κ2) is 7.56. The van der Waals surface area contributed by atoms with Gasteiger partial charge >= 0.3 is 0 Å². The molecule has 1 aliphatic carbocycles. The second-order valence-electron chi connectivity index (χ2n) is 6.63. The first-order valence-electron chi connectivity index (χ1n) is 8.71. The number of carbonyl (C=O) groups excluding carboxylic acids is 1. The van der Waals surface area contributed by atoms with Crippen LogP contribution in [0.2, 0.25) is 0 Å². The lowest BCUT2D eigenvalue weighted by molar-refractivity contribution is 0.0895. The number of carbonyl (C=O) groups is 1. The predicted octanol–water partition coefficient (Wildman–Crippen LogP) is 4.54. The third-order valence-electron chi connectivity index (χ3n) is 4.54. The van der Waals surface area contributed by atoms with Crippen molar-refractivity contribution in [3.63, 3.8) is 0 Å². The summed E-state index contributed by atoms with van der Waals surface area (Å²) < 4.78 is 11.5. The maximum atomic E-state index is 12.3. The molecule has 0 saturated heterocycles. The molecule has 0 spiro atoms. The first kappa shape index (κ1) is 16.6. The van der Waals surface area contributed by atoms with Crippen LogP contribution in [0.3, 0.4) is 0 Å². The molecule has 0 aliphatic heterocycles. The molecule has 128 valence electrons. The standard InChI is InChI=1S/C20H25NO3/c1-14-8-9-15(2)19(12-14)23-13-17-10-11-18(24-17)20(22)21-16-6-4-3-5-7-16/h8-12,16H,3-7,13H2,1-2H3,(H,21,22). The number of nitrogens with one attached hydrogen (secondary N) is 1. The van der Waals surface area contributed by atoms with Gasteiger partial charge in [0.15, 0.2) is 5.76 Å².